The van der Waals surface area contributed by atoms with Gasteiger partial charge in [0.15, 0.2) is 11.6 Å². The molecule has 0 aliphatic rings. The van der Waals surface area contributed by atoms with Gasteiger partial charge in [-0.05, 0) is 36.2 Å². The lowest BCUT2D eigenvalue weighted by atomic mass is 9.97. The Morgan fingerprint density at radius 1 is 0.957 bits per heavy atom. The summed E-state index contributed by atoms with van der Waals surface area (Å²) in [4.78, 5) is 24.7. The summed E-state index contributed by atoms with van der Waals surface area (Å²) in [5.74, 6) is 0.00983. The highest BCUT2D eigenvalue weighted by molar-refractivity contribution is 6.04. The predicted octanol–water partition coefficient (Wildman–Crippen LogP) is 4.84. The van der Waals surface area contributed by atoms with Gasteiger partial charge < -0.3 is 4.42 Å². The van der Waals surface area contributed by atoms with E-state index in [0.717, 1.165) is 28.5 Å². The van der Waals surface area contributed by atoms with E-state index >= 15 is 0 Å². The van der Waals surface area contributed by atoms with Gasteiger partial charge in [-0.25, -0.2) is 0 Å². The molecule has 23 heavy (non-hydrogen) atoms. The molecule has 0 fully saturated rings. The van der Waals surface area contributed by atoms with E-state index in [1.165, 1.54) is 0 Å². The number of carbonyl (C=O) groups excluding carboxylic acids is 2. The van der Waals surface area contributed by atoms with Crippen LogP contribution in [0, 0.1) is 0 Å². The van der Waals surface area contributed by atoms with Gasteiger partial charge in [0.2, 0.25) is 0 Å². The number of rotatable bonds is 6. The Morgan fingerprint density at radius 3 is 2.57 bits per heavy atom. The number of carbonyl (C=O) groups is 2. The predicted molar refractivity (Wildman–Crippen MR) is 89.9 cm³/mol. The molecule has 0 saturated heterocycles. The van der Waals surface area contributed by atoms with E-state index in [9.17, 15) is 9.59 Å². The number of hydrogen-bond acceptors (Lipinski definition) is 3. The zero-order chi connectivity index (χ0) is 16.2. The Hall–Kier alpha value is -2.68. The van der Waals surface area contributed by atoms with Gasteiger partial charge in [0, 0.05) is 29.4 Å². The Morgan fingerprint density at radius 2 is 1.74 bits per heavy atom. The molecule has 0 atom stereocenters. The molecule has 0 amide bonds. The third-order valence-electron chi connectivity index (χ3n) is 4.05. The average molecular weight is 306 g/mol. The quantitative estimate of drug-likeness (QED) is 0.612. The summed E-state index contributed by atoms with van der Waals surface area (Å²) in [6, 6.07) is 14.8. The third kappa shape index (κ3) is 3.24. The molecule has 0 spiro atoms. The van der Waals surface area contributed by atoms with Gasteiger partial charge >= 0.3 is 0 Å². The van der Waals surface area contributed by atoms with Crippen molar-refractivity contribution in [3.63, 3.8) is 0 Å². The molecule has 1 aromatic heterocycles. The molecule has 0 N–H and O–H groups in total. The smallest absolute Gasteiger partial charge is 0.163 e. The summed E-state index contributed by atoms with van der Waals surface area (Å²) in [7, 11) is 0. The number of Topliss-reactive ketones (excluding diaryl/α,β-unsaturated/α-hetero) is 2. The lowest BCUT2D eigenvalue weighted by Gasteiger charge is -2.06. The van der Waals surface area contributed by atoms with Gasteiger partial charge in [-0.3, -0.25) is 9.59 Å². The van der Waals surface area contributed by atoms with Gasteiger partial charge in [0.05, 0.1) is 6.26 Å². The van der Waals surface area contributed by atoms with Gasteiger partial charge in [-0.2, -0.15) is 0 Å². The van der Waals surface area contributed by atoms with Crippen LogP contribution in [0.15, 0.2) is 59.2 Å². The zero-order valence-electron chi connectivity index (χ0n) is 13.0. The highest BCUT2D eigenvalue weighted by atomic mass is 16.3. The molecule has 0 aliphatic carbocycles. The molecule has 2 aromatic carbocycles. The van der Waals surface area contributed by atoms with Crippen LogP contribution in [0.3, 0.4) is 0 Å². The van der Waals surface area contributed by atoms with Crippen molar-refractivity contribution in [1.82, 2.24) is 0 Å². The number of benzene rings is 2. The molecule has 0 unspecified atom stereocenters. The first-order valence-electron chi connectivity index (χ1n) is 7.80. The molecule has 0 bridgehead atoms. The molecule has 3 nitrogen and oxygen atoms in total. The van der Waals surface area contributed by atoms with Crippen molar-refractivity contribution >= 4 is 22.5 Å². The molecule has 0 saturated carbocycles. The fourth-order valence-corrected chi connectivity index (χ4v) is 2.75. The zero-order valence-corrected chi connectivity index (χ0v) is 13.0. The standard InChI is InChI=1S/C20H18O3/c1-2-14-5-3-4-6-17(14)19(22)9-8-18(21)15-7-10-20-16(13-15)11-12-23-20/h3-7,10-13H,2,8-9H2,1H3. The highest BCUT2D eigenvalue weighted by Gasteiger charge is 2.14. The van der Waals surface area contributed by atoms with Crippen LogP contribution in [0.25, 0.3) is 11.0 Å². The van der Waals surface area contributed by atoms with E-state index in [0.29, 0.717) is 5.56 Å². The van der Waals surface area contributed by atoms with Crippen molar-refractivity contribution in [2.24, 2.45) is 0 Å². The molecule has 3 rings (SSSR count). The van der Waals surface area contributed by atoms with Crippen LogP contribution in [-0.4, -0.2) is 11.6 Å². The first kappa shape index (κ1) is 15.2. The second-order valence-corrected chi connectivity index (χ2v) is 5.53. The Kier molecular flexibility index (Phi) is 4.38. The van der Waals surface area contributed by atoms with E-state index in [-0.39, 0.29) is 24.4 Å². The Bertz CT molecular complexity index is 858. The van der Waals surface area contributed by atoms with Gasteiger partial charge in [-0.15, -0.1) is 0 Å². The molecular weight excluding hydrogens is 288 g/mol. The average Bonchev–Trinajstić information content (AvgIpc) is 3.06. The van der Waals surface area contributed by atoms with Gasteiger partial charge in [0.25, 0.3) is 0 Å². The molecular formula is C20H18O3. The van der Waals surface area contributed by atoms with E-state index in [1.54, 1.807) is 18.4 Å². The summed E-state index contributed by atoms with van der Waals surface area (Å²) in [6.45, 7) is 2.03. The Labute approximate surface area is 134 Å². The molecule has 3 aromatic rings. The van der Waals surface area contributed by atoms with Crippen LogP contribution in [0.2, 0.25) is 0 Å². The minimum atomic E-state index is -0.0181. The highest BCUT2D eigenvalue weighted by Crippen LogP contribution is 2.19. The van der Waals surface area contributed by atoms with Crippen LogP contribution in [0.5, 0.6) is 0 Å². The first-order valence-corrected chi connectivity index (χ1v) is 7.80. The fraction of sp³-hybridized carbons (Fsp3) is 0.200. The maximum absolute atomic E-state index is 12.4. The molecule has 1 heterocycles. The second kappa shape index (κ2) is 6.61. The van der Waals surface area contributed by atoms with Crippen molar-refractivity contribution in [2.75, 3.05) is 0 Å². The van der Waals surface area contributed by atoms with Crippen molar-refractivity contribution in [2.45, 2.75) is 26.2 Å². The van der Waals surface area contributed by atoms with Crippen molar-refractivity contribution in [3.05, 3.63) is 71.5 Å². The number of fused-ring (bicyclic) bond motifs is 1. The molecule has 3 heteroatoms. The SMILES string of the molecule is CCc1ccccc1C(=O)CCC(=O)c1ccc2occc2c1. The van der Waals surface area contributed by atoms with E-state index in [1.807, 2.05) is 43.3 Å². The lowest BCUT2D eigenvalue weighted by Crippen LogP contribution is -2.07. The van der Waals surface area contributed by atoms with Crippen LogP contribution in [-0.2, 0) is 6.42 Å². The van der Waals surface area contributed by atoms with Crippen LogP contribution < -0.4 is 0 Å². The maximum atomic E-state index is 12.4. The van der Waals surface area contributed by atoms with Crippen molar-refractivity contribution in [3.8, 4) is 0 Å². The van der Waals surface area contributed by atoms with Gasteiger partial charge in [-0.1, -0.05) is 31.2 Å². The number of aryl methyl sites for hydroxylation is 1. The van der Waals surface area contributed by atoms with Gasteiger partial charge in [0.1, 0.15) is 5.58 Å². The van der Waals surface area contributed by atoms with E-state index < -0.39 is 0 Å². The summed E-state index contributed by atoms with van der Waals surface area (Å²) >= 11 is 0. The van der Waals surface area contributed by atoms with E-state index in [2.05, 4.69) is 0 Å². The largest absolute Gasteiger partial charge is 0.464 e. The summed E-state index contributed by atoms with van der Waals surface area (Å²) in [5.41, 5.74) is 3.14. The fourth-order valence-electron chi connectivity index (χ4n) is 2.75. The third-order valence-corrected chi connectivity index (χ3v) is 4.05. The Balaban J connectivity index is 1.69. The minimum Gasteiger partial charge on any atom is -0.464 e. The molecule has 116 valence electrons. The monoisotopic (exact) mass is 306 g/mol. The number of hydrogen-bond donors (Lipinski definition) is 0. The molecule has 0 radical (unpaired) electrons. The first-order chi connectivity index (χ1) is 11.2. The normalized spacial score (nSPS) is 10.8. The van der Waals surface area contributed by atoms with Crippen molar-refractivity contribution in [1.29, 1.82) is 0 Å². The van der Waals surface area contributed by atoms with E-state index in [4.69, 9.17) is 4.42 Å². The van der Waals surface area contributed by atoms with Crippen LogP contribution in [0.4, 0.5) is 0 Å². The van der Waals surface area contributed by atoms with Crippen LogP contribution >= 0.6 is 0 Å². The summed E-state index contributed by atoms with van der Waals surface area (Å²) < 4.78 is 5.27. The second-order valence-electron chi connectivity index (χ2n) is 5.53. The summed E-state index contributed by atoms with van der Waals surface area (Å²) in [5, 5.41) is 0.901. The number of ketones is 2. The lowest BCUT2D eigenvalue weighted by molar-refractivity contribution is 0.0917. The molecule has 0 aliphatic heterocycles. The van der Waals surface area contributed by atoms with Crippen molar-refractivity contribution < 1.29 is 14.0 Å². The summed E-state index contributed by atoms with van der Waals surface area (Å²) in [6.07, 6.45) is 2.87. The number of furan rings is 1. The maximum Gasteiger partial charge on any atom is 0.163 e. The minimum absolute atomic E-state index is 0.0181. The topological polar surface area (TPSA) is 47.3 Å². The van der Waals surface area contributed by atoms with Crippen LogP contribution in [0.1, 0.15) is 46.0 Å².